The van der Waals surface area contributed by atoms with Crippen molar-refractivity contribution in [2.75, 3.05) is 0 Å². The van der Waals surface area contributed by atoms with Gasteiger partial charge in [-0.05, 0) is 19.1 Å². The third-order valence-corrected chi connectivity index (χ3v) is 4.07. The van der Waals surface area contributed by atoms with Crippen LogP contribution in [0.4, 0.5) is 5.69 Å². The van der Waals surface area contributed by atoms with Crippen molar-refractivity contribution in [3.8, 4) is 5.75 Å². The molecule has 1 atom stereocenters. The molecule has 3 N–H and O–H groups in total. The molecule has 0 saturated carbocycles. The van der Waals surface area contributed by atoms with E-state index < -0.39 is 32.4 Å². The summed E-state index contributed by atoms with van der Waals surface area (Å²) in [6, 6.07) is 1.96. The zero-order valence-corrected chi connectivity index (χ0v) is 11.4. The molecule has 0 aliphatic carbocycles. The van der Waals surface area contributed by atoms with Crippen LogP contribution in [0.3, 0.4) is 0 Å². The molecule has 0 radical (unpaired) electrons. The molecule has 11 nitrogen and oxygen atoms in total. The number of aromatic amines is 1. The third kappa shape index (κ3) is 3.11. The smallest absolute Gasteiger partial charge is 0.312 e. The lowest BCUT2D eigenvalue weighted by atomic mass is 10.3. The average molecular weight is 314 g/mol. The Labute approximate surface area is 118 Å². The number of aromatic hydroxyl groups is 1. The largest absolute Gasteiger partial charge is 0.502 e. The van der Waals surface area contributed by atoms with E-state index >= 15 is 0 Å². The van der Waals surface area contributed by atoms with Crippen LogP contribution in [0.1, 0.15) is 18.8 Å². The minimum atomic E-state index is -4.05. The van der Waals surface area contributed by atoms with Crippen LogP contribution < -0.4 is 4.72 Å². The highest BCUT2D eigenvalue weighted by Gasteiger charge is 2.24. The first kappa shape index (κ1) is 14.8. The lowest BCUT2D eigenvalue weighted by Gasteiger charge is -2.10. The number of rotatable bonds is 5. The van der Waals surface area contributed by atoms with Gasteiger partial charge in [-0.1, -0.05) is 5.21 Å². The highest BCUT2D eigenvalue weighted by molar-refractivity contribution is 7.89. The molecule has 0 spiro atoms. The molecular formula is C9H10N6O5S. The molecule has 2 aromatic rings. The van der Waals surface area contributed by atoms with Gasteiger partial charge in [-0.15, -0.1) is 10.2 Å². The SMILES string of the molecule is CC(NS(=O)(=O)c1ccc(O)c([N+](=O)[O-])c1)c1nn[nH]n1. The van der Waals surface area contributed by atoms with Crippen molar-refractivity contribution in [3.63, 3.8) is 0 Å². The molecule has 12 heteroatoms. The summed E-state index contributed by atoms with van der Waals surface area (Å²) >= 11 is 0. The number of nitrogens with zero attached hydrogens (tertiary/aromatic N) is 4. The molecule has 2 rings (SSSR count). The Hall–Kier alpha value is -2.60. The number of nitro benzene ring substituents is 1. The van der Waals surface area contributed by atoms with Crippen LogP contribution in [0.15, 0.2) is 23.1 Å². The predicted molar refractivity (Wildman–Crippen MR) is 67.7 cm³/mol. The first-order chi connectivity index (χ1) is 9.81. The molecule has 21 heavy (non-hydrogen) atoms. The molecule has 0 aliphatic heterocycles. The van der Waals surface area contributed by atoms with Gasteiger partial charge < -0.3 is 5.11 Å². The molecule has 112 valence electrons. The maximum absolute atomic E-state index is 12.1. The second-order valence-corrected chi connectivity index (χ2v) is 5.73. The van der Waals surface area contributed by atoms with E-state index in [1.807, 2.05) is 0 Å². The number of aromatic nitrogens is 4. The molecule has 0 bridgehead atoms. The summed E-state index contributed by atoms with van der Waals surface area (Å²) in [7, 11) is -4.05. The molecule has 1 aromatic carbocycles. The van der Waals surface area contributed by atoms with Crippen LogP contribution in [-0.4, -0.2) is 39.1 Å². The zero-order chi connectivity index (χ0) is 15.6. The van der Waals surface area contributed by atoms with E-state index in [1.54, 1.807) is 0 Å². The number of hydrogen-bond donors (Lipinski definition) is 3. The maximum Gasteiger partial charge on any atom is 0.312 e. The maximum atomic E-state index is 12.1. The van der Waals surface area contributed by atoms with Crippen molar-refractivity contribution >= 4 is 15.7 Å². The Bertz CT molecular complexity index is 759. The summed E-state index contributed by atoms with van der Waals surface area (Å²) in [4.78, 5) is 9.47. The van der Waals surface area contributed by atoms with Crippen LogP contribution in [0.25, 0.3) is 0 Å². The minimum Gasteiger partial charge on any atom is -0.502 e. The molecule has 0 fully saturated rings. The van der Waals surface area contributed by atoms with E-state index in [4.69, 9.17) is 0 Å². The molecular weight excluding hydrogens is 304 g/mol. The number of phenolic OH excluding ortho intramolecular Hbond substituents is 1. The van der Waals surface area contributed by atoms with Crippen LogP contribution in [0, 0.1) is 10.1 Å². The third-order valence-electron chi connectivity index (χ3n) is 2.53. The first-order valence-electron chi connectivity index (χ1n) is 5.54. The second kappa shape index (κ2) is 5.41. The number of tetrazole rings is 1. The van der Waals surface area contributed by atoms with Crippen LogP contribution in [0.2, 0.25) is 0 Å². The van der Waals surface area contributed by atoms with Crippen molar-refractivity contribution < 1.29 is 18.4 Å². The lowest BCUT2D eigenvalue weighted by Crippen LogP contribution is -2.27. The number of hydrogen-bond acceptors (Lipinski definition) is 8. The fourth-order valence-corrected chi connectivity index (χ4v) is 2.74. The van der Waals surface area contributed by atoms with Crippen LogP contribution in [0.5, 0.6) is 5.75 Å². The predicted octanol–water partition coefficient (Wildman–Crippen LogP) is -0.147. The van der Waals surface area contributed by atoms with Crippen molar-refractivity contribution in [2.24, 2.45) is 0 Å². The van der Waals surface area contributed by atoms with Gasteiger partial charge in [-0.25, -0.2) is 13.1 Å². The summed E-state index contributed by atoms with van der Waals surface area (Å²) in [6.45, 7) is 1.48. The Morgan fingerprint density at radius 2 is 2.19 bits per heavy atom. The van der Waals surface area contributed by atoms with Crippen molar-refractivity contribution in [3.05, 3.63) is 34.1 Å². The monoisotopic (exact) mass is 314 g/mol. The van der Waals surface area contributed by atoms with Gasteiger partial charge in [-0.2, -0.15) is 5.21 Å². The Balaban J connectivity index is 2.32. The second-order valence-electron chi connectivity index (χ2n) is 4.02. The summed E-state index contributed by atoms with van der Waals surface area (Å²) in [5, 5.41) is 32.8. The quantitative estimate of drug-likeness (QED) is 0.506. The summed E-state index contributed by atoms with van der Waals surface area (Å²) in [5.41, 5.74) is -0.704. The number of benzene rings is 1. The summed E-state index contributed by atoms with van der Waals surface area (Å²) in [6.07, 6.45) is 0. The Kier molecular flexibility index (Phi) is 3.82. The van der Waals surface area contributed by atoms with Gasteiger partial charge in [0.2, 0.25) is 10.0 Å². The van der Waals surface area contributed by atoms with Gasteiger partial charge in [0.15, 0.2) is 11.6 Å². The molecule has 1 unspecified atom stereocenters. The fraction of sp³-hybridized carbons (Fsp3) is 0.222. The molecule has 1 heterocycles. The molecule has 0 amide bonds. The normalized spacial score (nSPS) is 13.0. The van der Waals surface area contributed by atoms with E-state index in [9.17, 15) is 23.6 Å². The summed E-state index contributed by atoms with van der Waals surface area (Å²) < 4.78 is 26.5. The zero-order valence-electron chi connectivity index (χ0n) is 10.6. The van der Waals surface area contributed by atoms with Crippen molar-refractivity contribution in [1.29, 1.82) is 0 Å². The van der Waals surface area contributed by atoms with Gasteiger partial charge in [0.25, 0.3) is 0 Å². The van der Waals surface area contributed by atoms with E-state index in [0.29, 0.717) is 0 Å². The van der Waals surface area contributed by atoms with E-state index in [0.717, 1.165) is 18.2 Å². The number of nitrogens with one attached hydrogen (secondary N) is 2. The van der Waals surface area contributed by atoms with Gasteiger partial charge in [0.05, 0.1) is 15.9 Å². The van der Waals surface area contributed by atoms with Gasteiger partial charge >= 0.3 is 5.69 Å². The van der Waals surface area contributed by atoms with E-state index in [2.05, 4.69) is 25.3 Å². The highest BCUT2D eigenvalue weighted by Crippen LogP contribution is 2.28. The topological polar surface area (TPSA) is 164 Å². The lowest BCUT2D eigenvalue weighted by molar-refractivity contribution is -0.386. The van der Waals surface area contributed by atoms with Crippen LogP contribution in [-0.2, 0) is 10.0 Å². The Morgan fingerprint density at radius 3 is 2.76 bits per heavy atom. The molecule has 0 saturated heterocycles. The molecule has 1 aromatic heterocycles. The number of sulfonamides is 1. The Morgan fingerprint density at radius 1 is 1.48 bits per heavy atom. The van der Waals surface area contributed by atoms with E-state index in [-0.39, 0.29) is 10.7 Å². The average Bonchev–Trinajstić information content (AvgIpc) is 2.92. The van der Waals surface area contributed by atoms with Crippen LogP contribution >= 0.6 is 0 Å². The van der Waals surface area contributed by atoms with Gasteiger partial charge in [-0.3, -0.25) is 10.1 Å². The van der Waals surface area contributed by atoms with Gasteiger partial charge in [0, 0.05) is 6.07 Å². The fourth-order valence-electron chi connectivity index (χ4n) is 1.52. The number of phenols is 1. The number of H-pyrrole nitrogens is 1. The summed E-state index contributed by atoms with van der Waals surface area (Å²) in [5.74, 6) is -0.503. The van der Waals surface area contributed by atoms with Crippen molar-refractivity contribution in [1.82, 2.24) is 25.3 Å². The molecule has 0 aliphatic rings. The minimum absolute atomic E-state index is 0.117. The highest BCUT2D eigenvalue weighted by atomic mass is 32.2. The first-order valence-corrected chi connectivity index (χ1v) is 7.02. The standard InChI is InChI=1S/C9H10N6O5S/c1-5(9-10-13-14-11-9)12-21(19,20)6-2-3-8(16)7(4-6)15(17)18/h2-5,12,16H,1H3,(H,10,11,13,14). The number of nitro groups is 1. The van der Waals surface area contributed by atoms with E-state index in [1.165, 1.54) is 6.92 Å². The van der Waals surface area contributed by atoms with Crippen molar-refractivity contribution in [2.45, 2.75) is 17.9 Å². The van der Waals surface area contributed by atoms with Gasteiger partial charge in [0.1, 0.15) is 0 Å².